The molecule has 0 aromatic carbocycles. The Bertz CT molecular complexity index is 558. The van der Waals surface area contributed by atoms with Gasteiger partial charge in [0.2, 0.25) is 0 Å². The average Bonchev–Trinajstić information content (AvgIpc) is 2.79. The van der Waals surface area contributed by atoms with E-state index < -0.39 is 8.07 Å². The molecular weight excluding hydrogens is 228 g/mol. The van der Waals surface area contributed by atoms with Gasteiger partial charge in [-0.15, -0.1) is 5.54 Å². The van der Waals surface area contributed by atoms with Gasteiger partial charge >= 0.3 is 0 Å². The van der Waals surface area contributed by atoms with E-state index in [0.717, 1.165) is 11.3 Å². The van der Waals surface area contributed by atoms with Crippen molar-refractivity contribution in [3.63, 3.8) is 0 Å². The van der Waals surface area contributed by atoms with Gasteiger partial charge in [-0.2, -0.15) is 15.0 Å². The Hall–Kier alpha value is -1.93. The van der Waals surface area contributed by atoms with Gasteiger partial charge in [0.15, 0.2) is 0 Å². The predicted molar refractivity (Wildman–Crippen MR) is 69.4 cm³/mol. The molecule has 0 fully saturated rings. The van der Waals surface area contributed by atoms with Crippen LogP contribution >= 0.6 is 0 Å². The minimum absolute atomic E-state index is 0.831. The first-order valence-corrected chi connectivity index (χ1v) is 8.89. The number of pyridine rings is 1. The average molecular weight is 242 g/mol. The molecule has 2 heterocycles. The van der Waals surface area contributed by atoms with Crippen LogP contribution in [0.3, 0.4) is 0 Å². The second kappa shape index (κ2) is 4.51. The summed E-state index contributed by atoms with van der Waals surface area (Å²) in [7, 11) is -1.35. The fourth-order valence-corrected chi connectivity index (χ4v) is 1.73. The van der Waals surface area contributed by atoms with Gasteiger partial charge < -0.3 is 0 Å². The van der Waals surface area contributed by atoms with E-state index in [1.807, 2.05) is 6.07 Å². The molecular formula is C12H14N4Si. The molecule has 0 aliphatic rings. The van der Waals surface area contributed by atoms with E-state index >= 15 is 0 Å². The highest BCUT2D eigenvalue weighted by Gasteiger charge is 2.07. The van der Waals surface area contributed by atoms with Crippen molar-refractivity contribution in [1.29, 1.82) is 0 Å². The topological polar surface area (TPSA) is 43.6 Å². The SMILES string of the molecule is C[Si](C)(C)C#Cc1cncc(-n2nccn2)c1. The summed E-state index contributed by atoms with van der Waals surface area (Å²) in [6.07, 6.45) is 6.76. The predicted octanol–water partition coefficient (Wildman–Crippen LogP) is 1.89. The zero-order valence-electron chi connectivity index (χ0n) is 10.2. The minimum atomic E-state index is -1.35. The van der Waals surface area contributed by atoms with Gasteiger partial charge in [-0.25, -0.2) is 0 Å². The molecule has 0 atom stereocenters. The largest absolute Gasteiger partial charge is 0.261 e. The van der Waals surface area contributed by atoms with Gasteiger partial charge in [0.1, 0.15) is 13.8 Å². The standard InChI is InChI=1S/C12H14N4Si/c1-17(2,3)7-4-11-8-12(10-13-9-11)16-14-5-6-15-16/h5-6,8-10H,1-3H3. The zero-order valence-corrected chi connectivity index (χ0v) is 11.2. The minimum Gasteiger partial charge on any atom is -0.261 e. The Morgan fingerprint density at radius 3 is 2.47 bits per heavy atom. The van der Waals surface area contributed by atoms with Crippen LogP contribution in [0.1, 0.15) is 5.56 Å². The zero-order chi connectivity index (χ0) is 12.3. The molecule has 2 aromatic rings. The summed E-state index contributed by atoms with van der Waals surface area (Å²) >= 11 is 0. The number of hydrogen-bond donors (Lipinski definition) is 0. The maximum absolute atomic E-state index is 4.15. The lowest BCUT2D eigenvalue weighted by Crippen LogP contribution is -2.16. The van der Waals surface area contributed by atoms with E-state index in [4.69, 9.17) is 0 Å². The van der Waals surface area contributed by atoms with Crippen molar-refractivity contribution < 1.29 is 0 Å². The molecule has 0 spiro atoms. The molecule has 2 aromatic heterocycles. The smallest absolute Gasteiger partial charge is 0.129 e. The van der Waals surface area contributed by atoms with Crippen LogP contribution in [0.5, 0.6) is 0 Å². The van der Waals surface area contributed by atoms with Gasteiger partial charge in [0, 0.05) is 11.8 Å². The molecule has 2 rings (SSSR count). The highest BCUT2D eigenvalue weighted by Crippen LogP contribution is 2.05. The van der Waals surface area contributed by atoms with Crippen molar-refractivity contribution in [3.8, 4) is 17.2 Å². The molecule has 0 saturated carbocycles. The molecule has 4 nitrogen and oxygen atoms in total. The molecule has 0 unspecified atom stereocenters. The fraction of sp³-hybridized carbons (Fsp3) is 0.250. The summed E-state index contributed by atoms with van der Waals surface area (Å²) < 4.78 is 0. The first kappa shape index (κ1) is 11.5. The number of nitrogens with zero attached hydrogens (tertiary/aromatic N) is 4. The van der Waals surface area contributed by atoms with Gasteiger partial charge in [-0.05, 0) is 6.07 Å². The van der Waals surface area contributed by atoms with Crippen LogP contribution in [0.15, 0.2) is 30.9 Å². The number of aromatic nitrogens is 4. The Kier molecular flexibility index (Phi) is 3.07. The lowest BCUT2D eigenvalue weighted by Gasteiger charge is -2.03. The summed E-state index contributed by atoms with van der Waals surface area (Å²) in [4.78, 5) is 5.69. The van der Waals surface area contributed by atoms with Crippen LogP contribution in [0.2, 0.25) is 19.6 Å². The van der Waals surface area contributed by atoms with Crippen molar-refractivity contribution in [3.05, 3.63) is 36.4 Å². The van der Waals surface area contributed by atoms with E-state index in [0.29, 0.717) is 0 Å². The summed E-state index contributed by atoms with van der Waals surface area (Å²) in [5.74, 6) is 3.17. The highest BCUT2D eigenvalue weighted by molar-refractivity contribution is 6.83. The Labute approximate surface area is 102 Å². The Morgan fingerprint density at radius 1 is 1.12 bits per heavy atom. The monoisotopic (exact) mass is 242 g/mol. The van der Waals surface area contributed by atoms with E-state index in [2.05, 4.69) is 46.3 Å². The summed E-state index contributed by atoms with van der Waals surface area (Å²) in [6.45, 7) is 6.64. The van der Waals surface area contributed by atoms with Gasteiger partial charge in [-0.1, -0.05) is 25.6 Å². The normalized spacial score (nSPS) is 10.8. The molecule has 17 heavy (non-hydrogen) atoms. The third kappa shape index (κ3) is 3.26. The molecule has 86 valence electrons. The molecule has 0 radical (unpaired) electrons. The van der Waals surface area contributed by atoms with Crippen molar-refractivity contribution >= 4 is 8.07 Å². The maximum Gasteiger partial charge on any atom is 0.129 e. The van der Waals surface area contributed by atoms with Gasteiger partial charge in [-0.3, -0.25) is 4.98 Å². The van der Waals surface area contributed by atoms with Crippen LogP contribution in [0, 0.1) is 11.5 Å². The molecule has 0 bridgehead atoms. The molecule has 5 heteroatoms. The van der Waals surface area contributed by atoms with E-state index in [1.165, 1.54) is 4.80 Å². The number of hydrogen-bond acceptors (Lipinski definition) is 3. The summed E-state index contributed by atoms with van der Waals surface area (Å²) in [5.41, 5.74) is 5.05. The van der Waals surface area contributed by atoms with Gasteiger partial charge in [0.05, 0.1) is 18.6 Å². The third-order valence-corrected chi connectivity index (χ3v) is 2.83. The van der Waals surface area contributed by atoms with Crippen LogP contribution < -0.4 is 0 Å². The first-order valence-electron chi connectivity index (χ1n) is 5.39. The Balaban J connectivity index is 2.32. The lowest BCUT2D eigenvalue weighted by atomic mass is 10.3. The molecule has 0 aliphatic heterocycles. The molecule has 0 amide bonds. The fourth-order valence-electron chi connectivity index (χ4n) is 1.21. The second-order valence-electron chi connectivity index (χ2n) is 4.75. The lowest BCUT2D eigenvalue weighted by molar-refractivity contribution is 0.748. The molecule has 0 N–H and O–H groups in total. The van der Waals surface area contributed by atoms with Crippen LogP contribution in [0.4, 0.5) is 0 Å². The van der Waals surface area contributed by atoms with Crippen molar-refractivity contribution in [1.82, 2.24) is 20.0 Å². The Morgan fingerprint density at radius 2 is 1.82 bits per heavy atom. The quantitative estimate of drug-likeness (QED) is 0.566. The second-order valence-corrected chi connectivity index (χ2v) is 9.50. The van der Waals surface area contributed by atoms with Crippen molar-refractivity contribution in [2.75, 3.05) is 0 Å². The summed E-state index contributed by atoms with van der Waals surface area (Å²) in [5, 5.41) is 8.13. The molecule has 0 aliphatic carbocycles. The van der Waals surface area contributed by atoms with E-state index in [9.17, 15) is 0 Å². The van der Waals surface area contributed by atoms with Crippen LogP contribution in [-0.2, 0) is 0 Å². The third-order valence-electron chi connectivity index (χ3n) is 1.96. The van der Waals surface area contributed by atoms with Gasteiger partial charge in [0.25, 0.3) is 0 Å². The summed E-state index contributed by atoms with van der Waals surface area (Å²) in [6, 6.07) is 1.94. The van der Waals surface area contributed by atoms with Crippen LogP contribution in [0.25, 0.3) is 5.69 Å². The van der Waals surface area contributed by atoms with Crippen molar-refractivity contribution in [2.45, 2.75) is 19.6 Å². The highest BCUT2D eigenvalue weighted by atomic mass is 28.3. The van der Waals surface area contributed by atoms with E-state index in [-0.39, 0.29) is 0 Å². The molecule has 0 saturated heterocycles. The van der Waals surface area contributed by atoms with Crippen molar-refractivity contribution in [2.24, 2.45) is 0 Å². The first-order chi connectivity index (χ1) is 8.04. The van der Waals surface area contributed by atoms with E-state index in [1.54, 1.807) is 24.8 Å². The maximum atomic E-state index is 4.15. The van der Waals surface area contributed by atoms with Crippen LogP contribution in [-0.4, -0.2) is 28.1 Å². The number of rotatable bonds is 1.